The maximum atomic E-state index is 12.6. The fraction of sp³-hybridized carbons (Fsp3) is 0.500. The summed E-state index contributed by atoms with van der Waals surface area (Å²) in [6.45, 7) is 2.90. The van der Waals surface area contributed by atoms with Crippen LogP contribution in [0.2, 0.25) is 0 Å². The lowest BCUT2D eigenvalue weighted by molar-refractivity contribution is -0.137. The molecule has 1 aromatic carbocycles. The van der Waals surface area contributed by atoms with Crippen molar-refractivity contribution in [1.82, 2.24) is 15.1 Å². The first kappa shape index (κ1) is 19.8. The van der Waals surface area contributed by atoms with Crippen LogP contribution in [-0.4, -0.2) is 55.9 Å². The second-order valence-electron chi connectivity index (χ2n) is 5.51. The van der Waals surface area contributed by atoms with Crippen molar-refractivity contribution in [2.45, 2.75) is 19.6 Å². The molecular weight excluding hydrogens is 321 g/mol. The van der Waals surface area contributed by atoms with Crippen LogP contribution in [0.5, 0.6) is 0 Å². The van der Waals surface area contributed by atoms with Gasteiger partial charge in [0.1, 0.15) is 6.54 Å². The lowest BCUT2D eigenvalue weighted by Crippen LogP contribution is -2.39. The average molecular weight is 344 g/mol. The van der Waals surface area contributed by atoms with E-state index < -0.39 is 11.7 Å². The van der Waals surface area contributed by atoms with Gasteiger partial charge in [-0.2, -0.15) is 13.2 Å². The van der Waals surface area contributed by atoms with Gasteiger partial charge in [0, 0.05) is 34.2 Å². The van der Waals surface area contributed by atoms with Gasteiger partial charge >= 0.3 is 6.18 Å². The molecule has 0 heterocycles. The van der Waals surface area contributed by atoms with Crippen LogP contribution in [0.25, 0.3) is 0 Å². The zero-order valence-corrected chi connectivity index (χ0v) is 14.3. The van der Waals surface area contributed by atoms with Crippen LogP contribution in [0.3, 0.4) is 0 Å². The Morgan fingerprint density at radius 3 is 2.21 bits per heavy atom. The maximum absolute atomic E-state index is 12.6. The standard InChI is InChI=1S/C16H23F3N4O/c1-5-20-15(21-10-14(24)22(2)3)23(4)11-12-6-8-13(9-7-12)16(17,18)19/h6-9H,5,10-11H2,1-4H3,(H,20,21). The van der Waals surface area contributed by atoms with Crippen LogP contribution in [-0.2, 0) is 17.5 Å². The molecule has 8 heteroatoms. The van der Waals surface area contributed by atoms with E-state index in [0.717, 1.165) is 17.7 Å². The zero-order valence-electron chi connectivity index (χ0n) is 14.3. The number of carbonyl (C=O) groups is 1. The van der Waals surface area contributed by atoms with Crippen molar-refractivity contribution < 1.29 is 18.0 Å². The highest BCUT2D eigenvalue weighted by atomic mass is 19.4. The highest BCUT2D eigenvalue weighted by Gasteiger charge is 2.29. The average Bonchev–Trinajstić information content (AvgIpc) is 2.50. The first-order valence-corrected chi connectivity index (χ1v) is 7.51. The minimum Gasteiger partial charge on any atom is -0.357 e. The molecule has 0 radical (unpaired) electrons. The number of guanidine groups is 1. The predicted molar refractivity (Wildman–Crippen MR) is 87.6 cm³/mol. The highest BCUT2D eigenvalue weighted by molar-refractivity contribution is 5.84. The summed E-state index contributed by atoms with van der Waals surface area (Å²) in [5.41, 5.74) is 0.0427. The van der Waals surface area contributed by atoms with Crippen molar-refractivity contribution in [3.05, 3.63) is 35.4 Å². The van der Waals surface area contributed by atoms with Gasteiger partial charge in [-0.05, 0) is 24.6 Å². The van der Waals surface area contributed by atoms with Gasteiger partial charge in [0.15, 0.2) is 5.96 Å². The number of amides is 1. The number of benzene rings is 1. The topological polar surface area (TPSA) is 47.9 Å². The Morgan fingerprint density at radius 1 is 1.17 bits per heavy atom. The summed E-state index contributed by atoms with van der Waals surface area (Å²) < 4.78 is 37.7. The monoisotopic (exact) mass is 344 g/mol. The number of rotatable bonds is 5. The van der Waals surface area contributed by atoms with Crippen LogP contribution in [0, 0.1) is 0 Å². The van der Waals surface area contributed by atoms with Crippen molar-refractivity contribution in [3.63, 3.8) is 0 Å². The van der Waals surface area contributed by atoms with Gasteiger partial charge in [-0.15, -0.1) is 0 Å². The third-order valence-electron chi connectivity index (χ3n) is 3.26. The maximum Gasteiger partial charge on any atom is 0.416 e. The Bertz CT molecular complexity index is 568. The van der Waals surface area contributed by atoms with Gasteiger partial charge in [-0.25, -0.2) is 4.99 Å². The van der Waals surface area contributed by atoms with E-state index in [1.807, 2.05) is 6.92 Å². The number of halogens is 3. The van der Waals surface area contributed by atoms with E-state index in [9.17, 15) is 18.0 Å². The van der Waals surface area contributed by atoms with Crippen molar-refractivity contribution in [3.8, 4) is 0 Å². The van der Waals surface area contributed by atoms with Crippen molar-refractivity contribution in [2.24, 2.45) is 4.99 Å². The van der Waals surface area contributed by atoms with Crippen molar-refractivity contribution in [2.75, 3.05) is 34.2 Å². The molecule has 0 spiro atoms. The molecule has 0 atom stereocenters. The van der Waals surface area contributed by atoms with Gasteiger partial charge in [0.25, 0.3) is 0 Å². The number of nitrogens with zero attached hydrogens (tertiary/aromatic N) is 3. The molecule has 5 nitrogen and oxygen atoms in total. The normalized spacial score (nSPS) is 12.0. The Balaban J connectivity index is 2.79. The van der Waals surface area contributed by atoms with E-state index in [1.54, 1.807) is 26.0 Å². The molecule has 0 bridgehead atoms. The first-order valence-electron chi connectivity index (χ1n) is 7.51. The molecule has 1 aromatic rings. The highest BCUT2D eigenvalue weighted by Crippen LogP contribution is 2.29. The number of carbonyl (C=O) groups excluding carboxylic acids is 1. The molecule has 0 aliphatic rings. The first-order chi connectivity index (χ1) is 11.1. The van der Waals surface area contributed by atoms with E-state index >= 15 is 0 Å². The number of aliphatic imine (C=N–C) groups is 1. The fourth-order valence-corrected chi connectivity index (χ4v) is 1.90. The Hall–Kier alpha value is -2.25. The van der Waals surface area contributed by atoms with Crippen molar-refractivity contribution >= 4 is 11.9 Å². The second kappa shape index (κ2) is 8.56. The van der Waals surface area contributed by atoms with Gasteiger partial charge in [-0.1, -0.05) is 12.1 Å². The molecule has 134 valence electrons. The van der Waals surface area contributed by atoms with E-state index in [2.05, 4.69) is 10.3 Å². The van der Waals surface area contributed by atoms with Gasteiger partial charge in [-0.3, -0.25) is 4.79 Å². The molecule has 1 rings (SSSR count). The summed E-state index contributed by atoms with van der Waals surface area (Å²) in [6.07, 6.45) is -4.34. The molecule has 0 aromatic heterocycles. The number of alkyl halides is 3. The molecule has 0 aliphatic carbocycles. The lowest BCUT2D eigenvalue weighted by Gasteiger charge is -2.22. The number of likely N-dealkylation sites (N-methyl/N-ethyl adjacent to an activating group) is 1. The van der Waals surface area contributed by atoms with E-state index in [1.165, 1.54) is 17.0 Å². The lowest BCUT2D eigenvalue weighted by atomic mass is 10.1. The van der Waals surface area contributed by atoms with E-state index in [4.69, 9.17) is 0 Å². The Morgan fingerprint density at radius 2 is 1.75 bits per heavy atom. The third-order valence-corrected chi connectivity index (χ3v) is 3.26. The van der Waals surface area contributed by atoms with Crippen LogP contribution in [0.1, 0.15) is 18.1 Å². The SMILES string of the molecule is CCNC(=NCC(=O)N(C)C)N(C)Cc1ccc(C(F)(F)F)cc1. The zero-order chi connectivity index (χ0) is 18.3. The van der Waals surface area contributed by atoms with Gasteiger partial charge in [0.05, 0.1) is 5.56 Å². The molecule has 1 amide bonds. The van der Waals surface area contributed by atoms with Crippen LogP contribution in [0.15, 0.2) is 29.3 Å². The van der Waals surface area contributed by atoms with Crippen molar-refractivity contribution in [1.29, 1.82) is 0 Å². The molecule has 24 heavy (non-hydrogen) atoms. The van der Waals surface area contributed by atoms with E-state index in [0.29, 0.717) is 19.0 Å². The number of nitrogens with one attached hydrogen (secondary N) is 1. The molecular formula is C16H23F3N4O. The molecule has 0 fully saturated rings. The summed E-state index contributed by atoms with van der Waals surface area (Å²) in [7, 11) is 5.06. The molecule has 1 N–H and O–H groups in total. The molecule has 0 saturated heterocycles. The molecule has 0 unspecified atom stereocenters. The molecule has 0 saturated carbocycles. The summed E-state index contributed by atoms with van der Waals surface area (Å²) >= 11 is 0. The summed E-state index contributed by atoms with van der Waals surface area (Å²) in [5, 5.41) is 3.06. The van der Waals surface area contributed by atoms with Gasteiger partial charge < -0.3 is 15.1 Å². The fourth-order valence-electron chi connectivity index (χ4n) is 1.90. The Kier molecular flexibility index (Phi) is 7.06. The number of hydrogen-bond donors (Lipinski definition) is 1. The van der Waals surface area contributed by atoms with Crippen LogP contribution >= 0.6 is 0 Å². The second-order valence-corrected chi connectivity index (χ2v) is 5.51. The summed E-state index contributed by atoms with van der Waals surface area (Å²) in [5.74, 6) is 0.390. The summed E-state index contributed by atoms with van der Waals surface area (Å²) in [4.78, 5) is 19.1. The Labute approximate surface area is 140 Å². The summed E-state index contributed by atoms with van der Waals surface area (Å²) in [6, 6.07) is 4.99. The minimum atomic E-state index is -4.34. The van der Waals surface area contributed by atoms with Crippen LogP contribution < -0.4 is 5.32 Å². The van der Waals surface area contributed by atoms with Gasteiger partial charge in [0.2, 0.25) is 5.91 Å². The largest absolute Gasteiger partial charge is 0.416 e. The quantitative estimate of drug-likeness (QED) is 0.658. The smallest absolute Gasteiger partial charge is 0.357 e. The van der Waals surface area contributed by atoms with Crippen LogP contribution in [0.4, 0.5) is 13.2 Å². The van der Waals surface area contributed by atoms with E-state index in [-0.39, 0.29) is 12.5 Å². The number of hydrogen-bond acceptors (Lipinski definition) is 2. The third kappa shape index (κ3) is 6.10. The predicted octanol–water partition coefficient (Wildman–Crippen LogP) is 2.19. The molecule has 0 aliphatic heterocycles. The minimum absolute atomic E-state index is 0.00663.